The Labute approximate surface area is 155 Å². The fourth-order valence-corrected chi connectivity index (χ4v) is 3.37. The first-order valence-corrected chi connectivity index (χ1v) is 9.51. The van der Waals surface area contributed by atoms with Gasteiger partial charge >= 0.3 is 0 Å². The summed E-state index contributed by atoms with van der Waals surface area (Å²) in [6, 6.07) is 10.1. The summed E-state index contributed by atoms with van der Waals surface area (Å²) >= 11 is 0. The highest BCUT2D eigenvalue weighted by molar-refractivity contribution is 5.86. The number of benzene rings is 1. The third-order valence-electron chi connectivity index (χ3n) is 4.99. The van der Waals surface area contributed by atoms with Crippen molar-refractivity contribution in [2.45, 2.75) is 31.8 Å². The lowest BCUT2D eigenvalue weighted by atomic mass is 10.1. The van der Waals surface area contributed by atoms with Crippen LogP contribution in [0, 0.1) is 0 Å². The minimum absolute atomic E-state index is 0.0103. The normalized spacial score (nSPS) is 21.1. The van der Waals surface area contributed by atoms with Gasteiger partial charge in [0.2, 0.25) is 11.8 Å². The molecule has 26 heavy (non-hydrogen) atoms. The Kier molecular flexibility index (Phi) is 7.03. The lowest BCUT2D eigenvalue weighted by Crippen LogP contribution is -2.53. The van der Waals surface area contributed by atoms with Gasteiger partial charge in [-0.15, -0.1) is 0 Å². The highest BCUT2D eigenvalue weighted by Crippen LogP contribution is 2.13. The van der Waals surface area contributed by atoms with Crippen LogP contribution in [0.5, 0.6) is 0 Å². The number of hydrogen-bond donors (Lipinski definition) is 0. The lowest BCUT2D eigenvalue weighted by molar-refractivity contribution is -0.148. The number of nitrogens with zero attached hydrogens (tertiary/aromatic N) is 2. The van der Waals surface area contributed by atoms with Crippen LogP contribution in [0.3, 0.4) is 0 Å². The van der Waals surface area contributed by atoms with Crippen LogP contribution >= 0.6 is 0 Å². The summed E-state index contributed by atoms with van der Waals surface area (Å²) in [6.45, 7) is 3.26. The van der Waals surface area contributed by atoms with Gasteiger partial charge in [0.05, 0.1) is 19.3 Å². The zero-order valence-corrected chi connectivity index (χ0v) is 15.3. The highest BCUT2D eigenvalue weighted by Gasteiger charge is 2.27. The van der Waals surface area contributed by atoms with E-state index in [-0.39, 0.29) is 31.1 Å². The molecule has 2 saturated heterocycles. The van der Waals surface area contributed by atoms with E-state index in [2.05, 4.69) is 12.1 Å². The van der Waals surface area contributed by atoms with E-state index >= 15 is 0 Å². The summed E-state index contributed by atoms with van der Waals surface area (Å²) in [5.41, 5.74) is 1.22. The molecule has 6 heteroatoms. The summed E-state index contributed by atoms with van der Waals surface area (Å²) in [5.74, 6) is -0.104. The fraction of sp³-hybridized carbons (Fsp3) is 0.600. The Balaban J connectivity index is 1.35. The van der Waals surface area contributed by atoms with Gasteiger partial charge in [-0.2, -0.15) is 0 Å². The van der Waals surface area contributed by atoms with E-state index in [0.29, 0.717) is 26.2 Å². The molecule has 2 fully saturated rings. The second-order valence-electron chi connectivity index (χ2n) is 6.94. The summed E-state index contributed by atoms with van der Waals surface area (Å²) in [4.78, 5) is 28.0. The van der Waals surface area contributed by atoms with Gasteiger partial charge < -0.3 is 19.3 Å². The van der Waals surface area contributed by atoms with E-state index in [4.69, 9.17) is 9.47 Å². The van der Waals surface area contributed by atoms with Crippen LogP contribution in [0.1, 0.15) is 24.8 Å². The van der Waals surface area contributed by atoms with Crippen LogP contribution in [0.15, 0.2) is 30.3 Å². The van der Waals surface area contributed by atoms with Crippen molar-refractivity contribution in [3.05, 3.63) is 35.9 Å². The van der Waals surface area contributed by atoms with E-state index in [0.717, 1.165) is 32.3 Å². The van der Waals surface area contributed by atoms with Gasteiger partial charge in [0.15, 0.2) is 0 Å². The molecule has 2 aliphatic heterocycles. The van der Waals surface area contributed by atoms with Crippen molar-refractivity contribution in [1.29, 1.82) is 0 Å². The lowest BCUT2D eigenvalue weighted by Gasteiger charge is -2.34. The number of piperazine rings is 1. The van der Waals surface area contributed by atoms with Gasteiger partial charge in [0.25, 0.3) is 0 Å². The standard InChI is InChI=1S/C20H28N2O4/c23-19-14-22(20(24)16-25-15-18-8-4-5-13-26-18)12-11-21(19)10-9-17-6-2-1-3-7-17/h1-3,6-7,18H,4-5,8-16H2. The van der Waals surface area contributed by atoms with Gasteiger partial charge in [0.1, 0.15) is 6.61 Å². The Hall–Kier alpha value is -1.92. The molecule has 0 N–H and O–H groups in total. The fourth-order valence-electron chi connectivity index (χ4n) is 3.37. The molecular weight excluding hydrogens is 332 g/mol. The number of ether oxygens (including phenoxy) is 2. The first-order valence-electron chi connectivity index (χ1n) is 9.51. The maximum Gasteiger partial charge on any atom is 0.249 e. The van der Waals surface area contributed by atoms with Crippen molar-refractivity contribution in [3.8, 4) is 0 Å². The molecule has 142 valence electrons. The van der Waals surface area contributed by atoms with E-state index in [1.807, 2.05) is 23.1 Å². The van der Waals surface area contributed by atoms with Crippen molar-refractivity contribution >= 4 is 11.8 Å². The van der Waals surface area contributed by atoms with Crippen LogP contribution in [0.4, 0.5) is 0 Å². The molecule has 0 aliphatic carbocycles. The Bertz CT molecular complexity index is 587. The van der Waals surface area contributed by atoms with Gasteiger partial charge in [0, 0.05) is 26.2 Å². The second kappa shape index (κ2) is 9.69. The second-order valence-corrected chi connectivity index (χ2v) is 6.94. The quantitative estimate of drug-likeness (QED) is 0.739. The molecule has 0 saturated carbocycles. The number of rotatable bonds is 7. The maximum absolute atomic E-state index is 12.3. The van der Waals surface area contributed by atoms with Crippen molar-refractivity contribution in [1.82, 2.24) is 9.80 Å². The van der Waals surface area contributed by atoms with Crippen LogP contribution in [-0.4, -0.2) is 73.7 Å². The maximum atomic E-state index is 12.3. The monoisotopic (exact) mass is 360 g/mol. The number of hydrogen-bond acceptors (Lipinski definition) is 4. The zero-order chi connectivity index (χ0) is 18.2. The predicted octanol–water partition coefficient (Wildman–Crippen LogP) is 1.49. The SMILES string of the molecule is O=C1CN(C(=O)COCC2CCCCO2)CCN1CCc1ccccc1. The van der Waals surface area contributed by atoms with Crippen LogP contribution in [0.25, 0.3) is 0 Å². The molecule has 1 aromatic carbocycles. The third-order valence-corrected chi connectivity index (χ3v) is 4.99. The van der Waals surface area contributed by atoms with Crippen LogP contribution in [-0.2, 0) is 25.5 Å². The van der Waals surface area contributed by atoms with E-state index in [9.17, 15) is 9.59 Å². The Morgan fingerprint density at radius 3 is 2.77 bits per heavy atom. The molecule has 1 unspecified atom stereocenters. The minimum atomic E-state index is -0.114. The largest absolute Gasteiger partial charge is 0.376 e. The molecule has 3 rings (SSSR count). The molecular formula is C20H28N2O4. The molecule has 2 aliphatic rings. The Morgan fingerprint density at radius 1 is 1.19 bits per heavy atom. The molecule has 0 radical (unpaired) electrons. The van der Waals surface area contributed by atoms with E-state index < -0.39 is 0 Å². The summed E-state index contributed by atoms with van der Waals surface area (Å²) in [6.07, 6.45) is 4.19. The molecule has 1 atom stereocenters. The van der Waals surface area contributed by atoms with Gasteiger partial charge in [-0.3, -0.25) is 9.59 Å². The molecule has 0 aromatic heterocycles. The summed E-state index contributed by atoms with van der Waals surface area (Å²) < 4.78 is 11.1. The van der Waals surface area contributed by atoms with Gasteiger partial charge in [-0.05, 0) is 31.2 Å². The van der Waals surface area contributed by atoms with E-state index in [1.165, 1.54) is 5.56 Å². The summed E-state index contributed by atoms with van der Waals surface area (Å²) in [7, 11) is 0. The average molecular weight is 360 g/mol. The predicted molar refractivity (Wildman–Crippen MR) is 97.7 cm³/mol. The van der Waals surface area contributed by atoms with Gasteiger partial charge in [-0.25, -0.2) is 0 Å². The van der Waals surface area contributed by atoms with Crippen LogP contribution < -0.4 is 0 Å². The van der Waals surface area contributed by atoms with Crippen molar-refractivity contribution in [2.24, 2.45) is 0 Å². The van der Waals surface area contributed by atoms with Crippen molar-refractivity contribution < 1.29 is 19.1 Å². The highest BCUT2D eigenvalue weighted by atomic mass is 16.5. The summed E-state index contributed by atoms with van der Waals surface area (Å²) in [5, 5.41) is 0. The van der Waals surface area contributed by atoms with Crippen LogP contribution in [0.2, 0.25) is 0 Å². The van der Waals surface area contributed by atoms with E-state index in [1.54, 1.807) is 4.90 Å². The van der Waals surface area contributed by atoms with Crippen molar-refractivity contribution in [3.63, 3.8) is 0 Å². The smallest absolute Gasteiger partial charge is 0.249 e. The molecule has 2 amide bonds. The number of carbonyl (C=O) groups excluding carboxylic acids is 2. The average Bonchev–Trinajstić information content (AvgIpc) is 2.68. The minimum Gasteiger partial charge on any atom is -0.376 e. The third kappa shape index (κ3) is 5.54. The number of carbonyl (C=O) groups is 2. The Morgan fingerprint density at radius 2 is 2.04 bits per heavy atom. The zero-order valence-electron chi connectivity index (χ0n) is 15.3. The topological polar surface area (TPSA) is 59.1 Å². The molecule has 0 spiro atoms. The first-order chi connectivity index (χ1) is 12.7. The molecule has 2 heterocycles. The van der Waals surface area contributed by atoms with Gasteiger partial charge in [-0.1, -0.05) is 30.3 Å². The molecule has 1 aromatic rings. The molecule has 6 nitrogen and oxygen atoms in total. The number of amides is 2. The van der Waals surface area contributed by atoms with Crippen molar-refractivity contribution in [2.75, 3.05) is 46.0 Å². The first kappa shape index (κ1) is 18.9. The molecule has 0 bridgehead atoms.